The van der Waals surface area contributed by atoms with Crippen LogP contribution >= 0.6 is 0 Å². The van der Waals surface area contributed by atoms with E-state index in [2.05, 4.69) is 4.98 Å². The van der Waals surface area contributed by atoms with Crippen molar-refractivity contribution in [1.82, 2.24) is 4.98 Å². The van der Waals surface area contributed by atoms with Gasteiger partial charge in [-0.25, -0.2) is 0 Å². The molecule has 94 valence electrons. The van der Waals surface area contributed by atoms with Crippen molar-refractivity contribution in [2.45, 2.75) is 6.92 Å². The molecule has 2 N–H and O–H groups in total. The van der Waals surface area contributed by atoms with Gasteiger partial charge >= 0.3 is 0 Å². The Labute approximate surface area is 105 Å². The van der Waals surface area contributed by atoms with Crippen LogP contribution in [0.5, 0.6) is 11.5 Å². The summed E-state index contributed by atoms with van der Waals surface area (Å²) in [7, 11) is 3.11. The van der Waals surface area contributed by atoms with E-state index >= 15 is 0 Å². The predicted octanol–water partition coefficient (Wildman–Crippen LogP) is 1.66. The molecule has 18 heavy (non-hydrogen) atoms. The van der Waals surface area contributed by atoms with Crippen molar-refractivity contribution in [3.8, 4) is 11.5 Å². The zero-order chi connectivity index (χ0) is 13.3. The first-order valence-electron chi connectivity index (χ1n) is 5.39. The molecule has 0 aliphatic heterocycles. The standard InChI is InChI=1S/C13H14N2O3/c1-7-12(13(14)16)9-4-8(17-2)5-11(18-3)10(9)6-15-7/h4-6H,1-3H3,(H2,14,16). The fourth-order valence-electron chi connectivity index (χ4n) is 1.96. The largest absolute Gasteiger partial charge is 0.497 e. The second-order valence-corrected chi connectivity index (χ2v) is 3.87. The van der Waals surface area contributed by atoms with Gasteiger partial charge in [0.25, 0.3) is 5.91 Å². The fourth-order valence-corrected chi connectivity index (χ4v) is 1.96. The third-order valence-electron chi connectivity index (χ3n) is 2.84. The molecule has 0 aliphatic rings. The average Bonchev–Trinajstić information content (AvgIpc) is 2.36. The Balaban J connectivity index is 2.90. The number of hydrogen-bond donors (Lipinski definition) is 1. The zero-order valence-electron chi connectivity index (χ0n) is 10.5. The molecule has 1 heterocycles. The minimum Gasteiger partial charge on any atom is -0.497 e. The lowest BCUT2D eigenvalue weighted by atomic mass is 10.0. The molecule has 0 atom stereocenters. The number of primary amides is 1. The highest BCUT2D eigenvalue weighted by molar-refractivity contribution is 6.08. The first-order valence-corrected chi connectivity index (χ1v) is 5.39. The van der Waals surface area contributed by atoms with Gasteiger partial charge in [0.2, 0.25) is 0 Å². The maximum absolute atomic E-state index is 11.5. The molecule has 5 nitrogen and oxygen atoms in total. The van der Waals surface area contributed by atoms with E-state index in [1.807, 2.05) is 0 Å². The van der Waals surface area contributed by atoms with Crippen LogP contribution in [0.2, 0.25) is 0 Å². The number of carbonyl (C=O) groups is 1. The highest BCUT2D eigenvalue weighted by Gasteiger charge is 2.15. The molecule has 2 rings (SSSR count). The van der Waals surface area contributed by atoms with Gasteiger partial charge in [0.15, 0.2) is 0 Å². The second-order valence-electron chi connectivity index (χ2n) is 3.87. The van der Waals surface area contributed by atoms with Crippen molar-refractivity contribution in [2.24, 2.45) is 5.73 Å². The van der Waals surface area contributed by atoms with Crippen molar-refractivity contribution in [1.29, 1.82) is 0 Å². The molecule has 5 heteroatoms. The second kappa shape index (κ2) is 4.52. The van der Waals surface area contributed by atoms with Gasteiger partial charge in [0.05, 0.1) is 25.5 Å². The summed E-state index contributed by atoms with van der Waals surface area (Å²) in [5, 5.41) is 1.42. The number of amides is 1. The van der Waals surface area contributed by atoms with Crippen molar-refractivity contribution in [3.63, 3.8) is 0 Å². The number of ether oxygens (including phenoxy) is 2. The number of nitrogens with two attached hydrogens (primary N) is 1. The molecule has 1 amide bonds. The number of benzene rings is 1. The number of fused-ring (bicyclic) bond motifs is 1. The van der Waals surface area contributed by atoms with Gasteiger partial charge < -0.3 is 15.2 Å². The topological polar surface area (TPSA) is 74.4 Å². The zero-order valence-corrected chi connectivity index (χ0v) is 10.5. The van der Waals surface area contributed by atoms with Gasteiger partial charge in [-0.05, 0) is 13.0 Å². The Kier molecular flexibility index (Phi) is 3.06. The van der Waals surface area contributed by atoms with Crippen LogP contribution in [0.15, 0.2) is 18.3 Å². The molecule has 0 aliphatic carbocycles. The first-order chi connectivity index (χ1) is 8.58. The van der Waals surface area contributed by atoms with Crippen molar-refractivity contribution < 1.29 is 14.3 Å². The van der Waals surface area contributed by atoms with Crippen LogP contribution < -0.4 is 15.2 Å². The lowest BCUT2D eigenvalue weighted by Gasteiger charge is -2.11. The smallest absolute Gasteiger partial charge is 0.251 e. The number of carbonyl (C=O) groups excluding carboxylic acids is 1. The van der Waals surface area contributed by atoms with Crippen LogP contribution in [0.4, 0.5) is 0 Å². The van der Waals surface area contributed by atoms with Gasteiger partial charge in [0, 0.05) is 23.0 Å². The van der Waals surface area contributed by atoms with Crippen LogP contribution in [-0.4, -0.2) is 25.1 Å². The number of aromatic nitrogens is 1. The summed E-state index contributed by atoms with van der Waals surface area (Å²) in [6, 6.07) is 3.50. The predicted molar refractivity (Wildman–Crippen MR) is 68.1 cm³/mol. The highest BCUT2D eigenvalue weighted by Crippen LogP contribution is 2.33. The molecule has 0 unspecified atom stereocenters. The molecule has 0 saturated carbocycles. The van der Waals surface area contributed by atoms with Crippen LogP contribution in [-0.2, 0) is 0 Å². The maximum atomic E-state index is 11.5. The highest BCUT2D eigenvalue weighted by atomic mass is 16.5. The van der Waals surface area contributed by atoms with Crippen LogP contribution in [0.1, 0.15) is 16.1 Å². The van der Waals surface area contributed by atoms with Crippen LogP contribution in [0.3, 0.4) is 0 Å². The Hall–Kier alpha value is -2.30. The van der Waals surface area contributed by atoms with Crippen LogP contribution in [0.25, 0.3) is 10.8 Å². The summed E-state index contributed by atoms with van der Waals surface area (Å²) >= 11 is 0. The lowest BCUT2D eigenvalue weighted by molar-refractivity contribution is 0.100. The van der Waals surface area contributed by atoms with Crippen molar-refractivity contribution >= 4 is 16.7 Å². The van der Waals surface area contributed by atoms with E-state index in [4.69, 9.17) is 15.2 Å². The SMILES string of the molecule is COc1cc(OC)c2cnc(C)c(C(N)=O)c2c1. The number of pyridine rings is 1. The first kappa shape index (κ1) is 12.2. The third-order valence-corrected chi connectivity index (χ3v) is 2.84. The van der Waals surface area contributed by atoms with E-state index in [9.17, 15) is 4.79 Å². The van der Waals surface area contributed by atoms with Crippen molar-refractivity contribution in [2.75, 3.05) is 14.2 Å². The number of hydrogen-bond acceptors (Lipinski definition) is 4. The number of methoxy groups -OCH3 is 2. The molecule has 0 spiro atoms. The van der Waals surface area contributed by atoms with E-state index in [1.54, 1.807) is 39.5 Å². The summed E-state index contributed by atoms with van der Waals surface area (Å²) in [4.78, 5) is 15.7. The minimum absolute atomic E-state index is 0.393. The van der Waals surface area contributed by atoms with Gasteiger partial charge in [-0.3, -0.25) is 9.78 Å². The average molecular weight is 246 g/mol. The Morgan fingerprint density at radius 2 is 1.94 bits per heavy atom. The molecular weight excluding hydrogens is 232 g/mol. The Bertz CT molecular complexity index is 623. The van der Waals surface area contributed by atoms with Gasteiger partial charge in [-0.1, -0.05) is 0 Å². The molecular formula is C13H14N2O3. The molecule has 2 aromatic rings. The van der Waals surface area contributed by atoms with E-state index in [0.717, 1.165) is 5.39 Å². The van der Waals surface area contributed by atoms with E-state index in [1.165, 1.54) is 0 Å². The summed E-state index contributed by atoms with van der Waals surface area (Å²) in [5.41, 5.74) is 6.38. The van der Waals surface area contributed by atoms with Gasteiger partial charge in [0.1, 0.15) is 11.5 Å². The van der Waals surface area contributed by atoms with E-state index in [0.29, 0.717) is 28.1 Å². The van der Waals surface area contributed by atoms with Gasteiger partial charge in [-0.2, -0.15) is 0 Å². The monoisotopic (exact) mass is 246 g/mol. The Morgan fingerprint density at radius 1 is 1.22 bits per heavy atom. The summed E-state index contributed by atoms with van der Waals surface area (Å²) in [6.45, 7) is 1.74. The molecule has 1 aromatic carbocycles. The lowest BCUT2D eigenvalue weighted by Crippen LogP contribution is -2.14. The minimum atomic E-state index is -0.513. The van der Waals surface area contributed by atoms with Gasteiger partial charge in [-0.15, -0.1) is 0 Å². The number of aryl methyl sites for hydroxylation is 1. The maximum Gasteiger partial charge on any atom is 0.251 e. The molecule has 0 radical (unpaired) electrons. The quantitative estimate of drug-likeness (QED) is 0.893. The number of rotatable bonds is 3. The molecule has 0 fully saturated rings. The van der Waals surface area contributed by atoms with E-state index in [-0.39, 0.29) is 0 Å². The molecule has 1 aromatic heterocycles. The third kappa shape index (κ3) is 1.84. The summed E-state index contributed by atoms with van der Waals surface area (Å²) in [5.74, 6) is 0.688. The van der Waals surface area contributed by atoms with Crippen LogP contribution in [0, 0.1) is 6.92 Å². The number of nitrogens with zero attached hydrogens (tertiary/aromatic N) is 1. The normalized spacial score (nSPS) is 10.4. The summed E-state index contributed by atoms with van der Waals surface area (Å²) < 4.78 is 10.5. The summed E-state index contributed by atoms with van der Waals surface area (Å²) in [6.07, 6.45) is 1.66. The molecule has 0 bridgehead atoms. The Morgan fingerprint density at radius 3 is 2.50 bits per heavy atom. The molecule has 0 saturated heterocycles. The van der Waals surface area contributed by atoms with Crippen molar-refractivity contribution in [3.05, 3.63) is 29.6 Å². The fraction of sp³-hybridized carbons (Fsp3) is 0.231. The van der Waals surface area contributed by atoms with E-state index < -0.39 is 5.91 Å².